The fourth-order valence-electron chi connectivity index (χ4n) is 2.33. The average Bonchev–Trinajstić information content (AvgIpc) is 2.99. The highest BCUT2D eigenvalue weighted by Crippen LogP contribution is 2.19. The zero-order valence-corrected chi connectivity index (χ0v) is 11.0. The number of aryl methyl sites for hydroxylation is 1. The number of hydrogen-bond acceptors (Lipinski definition) is 3. The van der Waals surface area contributed by atoms with Gasteiger partial charge in [0.2, 0.25) is 5.91 Å². The molecule has 0 radical (unpaired) electrons. The van der Waals surface area contributed by atoms with Gasteiger partial charge in [0.15, 0.2) is 0 Å². The number of carbonyl (C=O) groups excluding carboxylic acids is 1. The quantitative estimate of drug-likeness (QED) is 0.889. The molecule has 0 bridgehead atoms. The minimum atomic E-state index is -0.876. The van der Waals surface area contributed by atoms with Crippen molar-refractivity contribution in [1.29, 1.82) is 0 Å². The molecule has 5 heteroatoms. The van der Waals surface area contributed by atoms with Crippen LogP contribution in [0.4, 0.5) is 0 Å². The zero-order valence-electron chi connectivity index (χ0n) is 10.2. The van der Waals surface area contributed by atoms with E-state index < -0.39 is 12.0 Å². The summed E-state index contributed by atoms with van der Waals surface area (Å²) < 4.78 is 0. The number of amides is 1. The van der Waals surface area contributed by atoms with E-state index in [1.165, 1.54) is 9.78 Å². The third kappa shape index (κ3) is 3.10. The first-order valence-corrected chi connectivity index (χ1v) is 7.11. The molecule has 1 saturated heterocycles. The van der Waals surface area contributed by atoms with E-state index in [4.69, 9.17) is 5.11 Å². The molecule has 0 spiro atoms. The summed E-state index contributed by atoms with van der Waals surface area (Å²) in [4.78, 5) is 25.7. The molecular formula is C13H17NO3S. The van der Waals surface area contributed by atoms with Crippen molar-refractivity contribution in [3.63, 3.8) is 0 Å². The second-order valence-corrected chi connectivity index (χ2v) is 5.55. The lowest BCUT2D eigenvalue weighted by molar-refractivity contribution is -0.148. The second-order valence-electron chi connectivity index (χ2n) is 4.52. The fourth-order valence-corrected chi connectivity index (χ4v) is 3.09. The maximum atomic E-state index is 12.0. The molecule has 0 unspecified atom stereocenters. The largest absolute Gasteiger partial charge is 0.480 e. The van der Waals surface area contributed by atoms with Gasteiger partial charge in [0.05, 0.1) is 0 Å². The van der Waals surface area contributed by atoms with Gasteiger partial charge in [-0.1, -0.05) is 6.07 Å². The molecule has 1 aliphatic rings. The molecule has 0 saturated carbocycles. The third-order valence-electron chi connectivity index (χ3n) is 3.25. The van der Waals surface area contributed by atoms with Gasteiger partial charge in [-0.3, -0.25) is 4.79 Å². The summed E-state index contributed by atoms with van der Waals surface area (Å²) in [7, 11) is 0. The zero-order chi connectivity index (χ0) is 13.0. The van der Waals surface area contributed by atoms with Crippen molar-refractivity contribution in [2.24, 2.45) is 0 Å². The van der Waals surface area contributed by atoms with Crippen LogP contribution in [0.15, 0.2) is 17.5 Å². The van der Waals surface area contributed by atoms with Gasteiger partial charge in [0.1, 0.15) is 6.04 Å². The molecule has 2 heterocycles. The van der Waals surface area contributed by atoms with E-state index in [0.717, 1.165) is 19.3 Å². The standard InChI is InChI=1S/C13H17NO3S/c15-12(7-1-4-10-5-3-9-18-10)14-8-2-6-11(14)13(16)17/h3,5,9,11H,1-2,4,6-8H2,(H,16,17)/t11-/m1/s1. The van der Waals surface area contributed by atoms with Crippen LogP contribution in [0.25, 0.3) is 0 Å². The fraction of sp³-hybridized carbons (Fsp3) is 0.538. The summed E-state index contributed by atoms with van der Waals surface area (Å²) >= 11 is 1.69. The van der Waals surface area contributed by atoms with Crippen LogP contribution in [0, 0.1) is 0 Å². The molecule has 98 valence electrons. The molecule has 1 aliphatic heterocycles. The smallest absolute Gasteiger partial charge is 0.326 e. The van der Waals surface area contributed by atoms with Crippen molar-refractivity contribution in [2.45, 2.75) is 38.1 Å². The maximum Gasteiger partial charge on any atom is 0.326 e. The van der Waals surface area contributed by atoms with Crippen molar-refractivity contribution in [1.82, 2.24) is 4.90 Å². The van der Waals surface area contributed by atoms with E-state index in [1.807, 2.05) is 11.4 Å². The number of aliphatic carboxylic acids is 1. The van der Waals surface area contributed by atoms with Crippen molar-refractivity contribution in [3.8, 4) is 0 Å². The van der Waals surface area contributed by atoms with Crippen molar-refractivity contribution >= 4 is 23.2 Å². The van der Waals surface area contributed by atoms with E-state index in [-0.39, 0.29) is 5.91 Å². The highest BCUT2D eigenvalue weighted by molar-refractivity contribution is 7.09. The molecule has 2 rings (SSSR count). The number of carboxylic acid groups (broad SMARTS) is 1. The number of hydrogen-bond donors (Lipinski definition) is 1. The molecule has 4 nitrogen and oxygen atoms in total. The van der Waals surface area contributed by atoms with Crippen LogP contribution in [0.3, 0.4) is 0 Å². The van der Waals surface area contributed by atoms with Crippen molar-refractivity contribution in [2.75, 3.05) is 6.54 Å². The number of thiophene rings is 1. The monoisotopic (exact) mass is 267 g/mol. The Morgan fingerprint density at radius 3 is 3.00 bits per heavy atom. The van der Waals surface area contributed by atoms with Gasteiger partial charge in [-0.05, 0) is 37.1 Å². The molecule has 0 aromatic carbocycles. The number of carbonyl (C=O) groups is 2. The Balaban J connectivity index is 1.79. The van der Waals surface area contributed by atoms with Gasteiger partial charge in [-0.15, -0.1) is 11.3 Å². The number of nitrogens with zero attached hydrogens (tertiary/aromatic N) is 1. The third-order valence-corrected chi connectivity index (χ3v) is 4.19. The van der Waals surface area contributed by atoms with Crippen LogP contribution in [-0.4, -0.2) is 34.5 Å². The van der Waals surface area contributed by atoms with Gasteiger partial charge >= 0.3 is 5.97 Å². The lowest BCUT2D eigenvalue weighted by Crippen LogP contribution is -2.40. The van der Waals surface area contributed by atoms with E-state index in [9.17, 15) is 9.59 Å². The number of carboxylic acids is 1. The molecule has 1 amide bonds. The molecule has 1 atom stereocenters. The Morgan fingerprint density at radius 2 is 2.33 bits per heavy atom. The number of likely N-dealkylation sites (tertiary alicyclic amines) is 1. The lowest BCUT2D eigenvalue weighted by atomic mass is 10.2. The van der Waals surface area contributed by atoms with Crippen LogP contribution in [0.2, 0.25) is 0 Å². The van der Waals surface area contributed by atoms with Gasteiger partial charge in [0, 0.05) is 17.8 Å². The summed E-state index contributed by atoms with van der Waals surface area (Å²) in [5, 5.41) is 11.0. The molecule has 1 fully saturated rings. The summed E-state index contributed by atoms with van der Waals surface area (Å²) in [6, 6.07) is 3.47. The van der Waals surface area contributed by atoms with Crippen LogP contribution < -0.4 is 0 Å². The van der Waals surface area contributed by atoms with E-state index in [2.05, 4.69) is 6.07 Å². The van der Waals surface area contributed by atoms with E-state index in [1.54, 1.807) is 11.3 Å². The van der Waals surface area contributed by atoms with Crippen molar-refractivity contribution in [3.05, 3.63) is 22.4 Å². The van der Waals surface area contributed by atoms with Crippen LogP contribution in [0.1, 0.15) is 30.6 Å². The Morgan fingerprint density at radius 1 is 1.50 bits per heavy atom. The van der Waals surface area contributed by atoms with Gasteiger partial charge in [-0.25, -0.2) is 4.79 Å². The van der Waals surface area contributed by atoms with Gasteiger partial charge in [0.25, 0.3) is 0 Å². The van der Waals surface area contributed by atoms with Crippen LogP contribution in [-0.2, 0) is 16.0 Å². The molecule has 18 heavy (non-hydrogen) atoms. The molecule has 1 aromatic heterocycles. The Hall–Kier alpha value is -1.36. The van der Waals surface area contributed by atoms with Crippen LogP contribution in [0.5, 0.6) is 0 Å². The lowest BCUT2D eigenvalue weighted by Gasteiger charge is -2.21. The van der Waals surface area contributed by atoms with E-state index >= 15 is 0 Å². The van der Waals surface area contributed by atoms with Crippen LogP contribution >= 0.6 is 11.3 Å². The van der Waals surface area contributed by atoms with Gasteiger partial charge in [-0.2, -0.15) is 0 Å². The summed E-state index contributed by atoms with van der Waals surface area (Å²) in [5.41, 5.74) is 0. The SMILES string of the molecule is O=C(O)[C@H]1CCCN1C(=O)CCCc1cccs1. The Kier molecular flexibility index (Phi) is 4.36. The molecule has 0 aliphatic carbocycles. The summed E-state index contributed by atoms with van der Waals surface area (Å²) in [6.45, 7) is 0.592. The molecule has 1 aromatic rings. The Labute approximate surface area is 110 Å². The normalized spacial score (nSPS) is 19.1. The number of rotatable bonds is 5. The highest BCUT2D eigenvalue weighted by atomic mass is 32.1. The molecule has 1 N–H and O–H groups in total. The summed E-state index contributed by atoms with van der Waals surface area (Å²) in [6.07, 6.45) is 3.53. The van der Waals surface area contributed by atoms with E-state index in [0.29, 0.717) is 19.4 Å². The van der Waals surface area contributed by atoms with Gasteiger partial charge < -0.3 is 10.0 Å². The molecular weight excluding hydrogens is 250 g/mol. The predicted molar refractivity (Wildman–Crippen MR) is 69.6 cm³/mol. The second kappa shape index (κ2) is 6.00. The minimum absolute atomic E-state index is 0.0172. The topological polar surface area (TPSA) is 57.6 Å². The first-order valence-electron chi connectivity index (χ1n) is 6.23. The predicted octanol–water partition coefficient (Wildman–Crippen LogP) is 2.15. The van der Waals surface area contributed by atoms with Crippen molar-refractivity contribution < 1.29 is 14.7 Å². The minimum Gasteiger partial charge on any atom is -0.480 e. The Bertz CT molecular complexity index is 416. The highest BCUT2D eigenvalue weighted by Gasteiger charge is 2.33. The first-order chi connectivity index (χ1) is 8.68. The summed E-state index contributed by atoms with van der Waals surface area (Å²) in [5.74, 6) is -0.893. The first kappa shape index (κ1) is 13.1. The maximum absolute atomic E-state index is 12.0. The average molecular weight is 267 g/mol.